The highest BCUT2D eigenvalue weighted by atomic mass is 19.3. The van der Waals surface area contributed by atoms with Crippen molar-refractivity contribution in [3.63, 3.8) is 0 Å². The summed E-state index contributed by atoms with van der Waals surface area (Å²) < 4.78 is 32.4. The van der Waals surface area contributed by atoms with Crippen molar-refractivity contribution in [2.75, 3.05) is 6.61 Å². The van der Waals surface area contributed by atoms with E-state index >= 15 is 0 Å². The molecule has 0 heterocycles. The number of halogens is 2. The number of hydrogen-bond acceptors (Lipinski definition) is 4. The number of alkyl halides is 2. The van der Waals surface area contributed by atoms with Gasteiger partial charge in [-0.05, 0) is 25.7 Å². The molecule has 4 nitrogen and oxygen atoms in total. The van der Waals surface area contributed by atoms with Crippen molar-refractivity contribution in [2.45, 2.75) is 44.6 Å². The van der Waals surface area contributed by atoms with E-state index in [1.54, 1.807) is 0 Å². The average Bonchev–Trinajstić information content (AvgIpc) is 2.27. The van der Waals surface area contributed by atoms with E-state index in [4.69, 9.17) is 4.74 Å². The molecule has 0 spiro atoms. The van der Waals surface area contributed by atoms with Crippen LogP contribution in [0.1, 0.15) is 32.1 Å². The van der Waals surface area contributed by atoms with Gasteiger partial charge in [-0.25, -0.2) is 9.59 Å². The third kappa shape index (κ3) is 4.55. The predicted octanol–water partition coefficient (Wildman–Crippen LogP) is 1.67. The molecule has 0 aromatic heterocycles. The monoisotopic (exact) mass is 236 g/mol. The quantitative estimate of drug-likeness (QED) is 0.697. The summed E-state index contributed by atoms with van der Waals surface area (Å²) >= 11 is 0. The molecule has 0 aliphatic heterocycles. The van der Waals surface area contributed by atoms with Gasteiger partial charge < -0.3 is 9.47 Å². The van der Waals surface area contributed by atoms with E-state index in [9.17, 15) is 18.4 Å². The Kier molecular flexibility index (Phi) is 5.14. The lowest BCUT2D eigenvalue weighted by Gasteiger charge is -2.21. The van der Waals surface area contributed by atoms with E-state index in [1.165, 1.54) is 0 Å². The van der Waals surface area contributed by atoms with Gasteiger partial charge in [-0.2, -0.15) is 8.78 Å². The molecule has 92 valence electrons. The molecule has 0 bridgehead atoms. The lowest BCUT2D eigenvalue weighted by atomic mass is 9.98. The van der Waals surface area contributed by atoms with Gasteiger partial charge in [0.25, 0.3) is 0 Å². The van der Waals surface area contributed by atoms with Gasteiger partial charge in [0.05, 0.1) is 0 Å². The zero-order chi connectivity index (χ0) is 12.0. The van der Waals surface area contributed by atoms with Gasteiger partial charge in [-0.1, -0.05) is 6.42 Å². The summed E-state index contributed by atoms with van der Waals surface area (Å²) in [4.78, 5) is 21.5. The third-order valence-corrected chi connectivity index (χ3v) is 2.36. The van der Waals surface area contributed by atoms with Crippen LogP contribution < -0.4 is 0 Å². The van der Waals surface area contributed by atoms with Crippen LogP contribution in [0, 0.1) is 0 Å². The first-order valence-corrected chi connectivity index (χ1v) is 5.24. The molecule has 0 N–H and O–H groups in total. The summed E-state index contributed by atoms with van der Waals surface area (Å²) in [6.07, 6.45) is 1.31. The maximum absolute atomic E-state index is 11.7. The highest BCUT2D eigenvalue weighted by molar-refractivity contribution is 5.78. The number of esters is 2. The fourth-order valence-corrected chi connectivity index (χ4v) is 1.60. The van der Waals surface area contributed by atoms with Crippen LogP contribution in [0.2, 0.25) is 0 Å². The zero-order valence-corrected chi connectivity index (χ0v) is 8.79. The van der Waals surface area contributed by atoms with Crippen LogP contribution in [-0.2, 0) is 19.1 Å². The Hall–Kier alpha value is -1.20. The van der Waals surface area contributed by atoms with Crippen molar-refractivity contribution in [3.8, 4) is 0 Å². The molecule has 0 aromatic rings. The van der Waals surface area contributed by atoms with E-state index in [2.05, 4.69) is 4.74 Å². The Morgan fingerprint density at radius 1 is 1.19 bits per heavy atom. The number of carbonyl (C=O) groups is 2. The maximum Gasteiger partial charge on any atom is 0.374 e. The first-order chi connectivity index (χ1) is 7.59. The number of rotatable bonds is 4. The topological polar surface area (TPSA) is 52.6 Å². The summed E-state index contributed by atoms with van der Waals surface area (Å²) in [5.41, 5.74) is 0. The second kappa shape index (κ2) is 6.40. The lowest BCUT2D eigenvalue weighted by molar-refractivity contribution is -0.169. The Balaban J connectivity index is 2.17. The lowest BCUT2D eigenvalue weighted by Crippen LogP contribution is -2.26. The first-order valence-electron chi connectivity index (χ1n) is 5.24. The molecule has 6 heteroatoms. The molecular weight excluding hydrogens is 222 g/mol. The normalized spacial score (nSPS) is 17.2. The van der Waals surface area contributed by atoms with Crippen LogP contribution in [0.5, 0.6) is 0 Å². The highest BCUT2D eigenvalue weighted by Gasteiger charge is 2.21. The van der Waals surface area contributed by atoms with Crippen LogP contribution in [-0.4, -0.2) is 31.1 Å². The fraction of sp³-hybridized carbons (Fsp3) is 0.800. The van der Waals surface area contributed by atoms with E-state index in [0.717, 1.165) is 32.1 Å². The molecule has 0 unspecified atom stereocenters. The molecule has 1 aliphatic rings. The van der Waals surface area contributed by atoms with Crippen molar-refractivity contribution >= 4 is 11.9 Å². The molecule has 1 saturated carbocycles. The van der Waals surface area contributed by atoms with E-state index in [-0.39, 0.29) is 6.10 Å². The van der Waals surface area contributed by atoms with Crippen molar-refractivity contribution in [1.82, 2.24) is 0 Å². The molecular formula is C10H14F2O4. The SMILES string of the molecule is O=C(COC(=O)C(F)F)OC1CCCCC1. The fourth-order valence-electron chi connectivity index (χ4n) is 1.60. The van der Waals surface area contributed by atoms with Gasteiger partial charge in [0, 0.05) is 0 Å². The molecule has 0 radical (unpaired) electrons. The van der Waals surface area contributed by atoms with Crippen LogP contribution in [0.4, 0.5) is 8.78 Å². The van der Waals surface area contributed by atoms with Crippen LogP contribution >= 0.6 is 0 Å². The standard InChI is InChI=1S/C10H14F2O4/c11-9(12)10(14)15-6-8(13)16-7-4-2-1-3-5-7/h7,9H,1-6H2. The van der Waals surface area contributed by atoms with Crippen molar-refractivity contribution in [1.29, 1.82) is 0 Å². The zero-order valence-electron chi connectivity index (χ0n) is 8.79. The first kappa shape index (κ1) is 12.9. The van der Waals surface area contributed by atoms with Crippen molar-refractivity contribution < 1.29 is 27.8 Å². The van der Waals surface area contributed by atoms with Crippen LogP contribution in [0.15, 0.2) is 0 Å². The summed E-state index contributed by atoms with van der Waals surface area (Å²) in [7, 11) is 0. The van der Waals surface area contributed by atoms with Crippen molar-refractivity contribution in [2.24, 2.45) is 0 Å². The number of ether oxygens (including phenoxy) is 2. The highest BCUT2D eigenvalue weighted by Crippen LogP contribution is 2.20. The average molecular weight is 236 g/mol. The van der Waals surface area contributed by atoms with E-state index in [0.29, 0.717) is 0 Å². The van der Waals surface area contributed by atoms with Gasteiger partial charge >= 0.3 is 18.4 Å². The number of hydrogen-bond donors (Lipinski definition) is 0. The molecule has 0 saturated heterocycles. The van der Waals surface area contributed by atoms with Gasteiger partial charge in [0.2, 0.25) is 0 Å². The molecule has 1 rings (SSSR count). The largest absolute Gasteiger partial charge is 0.460 e. The molecule has 1 fully saturated rings. The molecule has 0 aromatic carbocycles. The smallest absolute Gasteiger partial charge is 0.374 e. The van der Waals surface area contributed by atoms with Crippen molar-refractivity contribution in [3.05, 3.63) is 0 Å². The van der Waals surface area contributed by atoms with Crippen LogP contribution in [0.3, 0.4) is 0 Å². The maximum atomic E-state index is 11.7. The minimum atomic E-state index is -3.21. The summed E-state index contributed by atoms with van der Waals surface area (Å²) in [5, 5.41) is 0. The second-order valence-corrected chi connectivity index (χ2v) is 3.66. The Labute approximate surface area is 91.9 Å². The molecule has 1 aliphatic carbocycles. The Bertz CT molecular complexity index is 249. The minimum Gasteiger partial charge on any atom is -0.460 e. The third-order valence-electron chi connectivity index (χ3n) is 2.36. The Morgan fingerprint density at radius 2 is 1.81 bits per heavy atom. The molecule has 16 heavy (non-hydrogen) atoms. The van der Waals surface area contributed by atoms with E-state index in [1.807, 2.05) is 0 Å². The summed E-state index contributed by atoms with van der Waals surface area (Å²) in [5.74, 6) is -2.46. The van der Waals surface area contributed by atoms with Gasteiger partial charge in [0.15, 0.2) is 6.61 Å². The Morgan fingerprint density at radius 3 is 2.38 bits per heavy atom. The van der Waals surface area contributed by atoms with Crippen LogP contribution in [0.25, 0.3) is 0 Å². The van der Waals surface area contributed by atoms with Gasteiger partial charge in [-0.3, -0.25) is 0 Å². The summed E-state index contributed by atoms with van der Waals surface area (Å²) in [6, 6.07) is 0. The minimum absolute atomic E-state index is 0.161. The number of carbonyl (C=O) groups excluding carboxylic acids is 2. The molecule has 0 atom stereocenters. The van der Waals surface area contributed by atoms with Gasteiger partial charge in [0.1, 0.15) is 6.10 Å². The summed E-state index contributed by atoms with van der Waals surface area (Å²) in [6.45, 7) is -0.736. The molecule has 0 amide bonds. The second-order valence-electron chi connectivity index (χ2n) is 3.66. The predicted molar refractivity (Wildman–Crippen MR) is 49.9 cm³/mol. The van der Waals surface area contributed by atoms with E-state index < -0.39 is 25.0 Å². The van der Waals surface area contributed by atoms with Gasteiger partial charge in [-0.15, -0.1) is 0 Å².